The van der Waals surface area contributed by atoms with E-state index in [4.69, 9.17) is 16.6 Å². The van der Waals surface area contributed by atoms with Gasteiger partial charge < -0.3 is 0 Å². The Bertz CT molecular complexity index is 1170. The first kappa shape index (κ1) is 21.2. The zero-order valence-corrected chi connectivity index (χ0v) is 18.9. The van der Waals surface area contributed by atoms with Gasteiger partial charge in [-0.25, -0.2) is 4.98 Å². The highest BCUT2D eigenvalue weighted by Crippen LogP contribution is 2.31. The molecule has 0 spiro atoms. The Morgan fingerprint density at radius 3 is 2.35 bits per heavy atom. The monoisotopic (exact) mass is 431 g/mol. The number of hydrogen-bond donors (Lipinski definition) is 1. The van der Waals surface area contributed by atoms with Gasteiger partial charge in [-0.1, -0.05) is 73.5 Å². The molecule has 2 aromatic carbocycles. The van der Waals surface area contributed by atoms with Crippen molar-refractivity contribution in [1.82, 2.24) is 25.6 Å². The van der Waals surface area contributed by atoms with Crippen molar-refractivity contribution in [2.75, 3.05) is 0 Å². The maximum absolute atomic E-state index is 6.39. The summed E-state index contributed by atoms with van der Waals surface area (Å²) in [6.45, 7) is 6.41. The van der Waals surface area contributed by atoms with Gasteiger partial charge in [0, 0.05) is 11.3 Å². The Kier molecular flexibility index (Phi) is 6.42. The third kappa shape index (κ3) is 4.52. The van der Waals surface area contributed by atoms with E-state index in [2.05, 4.69) is 71.7 Å². The highest BCUT2D eigenvalue weighted by atomic mass is 35.5. The number of nitrogens with one attached hydrogen (secondary N) is 1. The third-order valence-electron chi connectivity index (χ3n) is 5.83. The van der Waals surface area contributed by atoms with Crippen LogP contribution in [0.1, 0.15) is 47.7 Å². The molecular weight excluding hydrogens is 406 g/mol. The lowest BCUT2D eigenvalue weighted by Crippen LogP contribution is -2.05. The molecular formula is C25H26ClN5. The van der Waals surface area contributed by atoms with Crippen LogP contribution in [0.3, 0.4) is 0 Å². The van der Waals surface area contributed by atoms with Crippen LogP contribution in [-0.4, -0.2) is 25.6 Å². The second-order valence-corrected chi connectivity index (χ2v) is 8.19. The number of H-pyrrole nitrogens is 1. The molecule has 0 aliphatic carbocycles. The zero-order valence-electron chi connectivity index (χ0n) is 18.1. The van der Waals surface area contributed by atoms with Crippen molar-refractivity contribution in [2.45, 2.75) is 46.5 Å². The highest BCUT2D eigenvalue weighted by Gasteiger charge is 2.15. The van der Waals surface area contributed by atoms with E-state index in [0.717, 1.165) is 53.6 Å². The van der Waals surface area contributed by atoms with Crippen LogP contribution in [0.5, 0.6) is 0 Å². The van der Waals surface area contributed by atoms with E-state index in [9.17, 15) is 0 Å². The molecule has 0 atom stereocenters. The lowest BCUT2D eigenvalue weighted by molar-refractivity contribution is 0.765. The van der Waals surface area contributed by atoms with Crippen LogP contribution in [0.25, 0.3) is 22.5 Å². The number of tetrazole rings is 1. The first-order valence-electron chi connectivity index (χ1n) is 10.6. The number of aromatic nitrogens is 5. The zero-order chi connectivity index (χ0) is 21.8. The van der Waals surface area contributed by atoms with Gasteiger partial charge in [-0.2, -0.15) is 5.21 Å². The summed E-state index contributed by atoms with van der Waals surface area (Å²) < 4.78 is 0. The molecule has 4 rings (SSSR count). The average Bonchev–Trinajstić information content (AvgIpc) is 3.34. The van der Waals surface area contributed by atoms with Crippen LogP contribution in [-0.2, 0) is 12.8 Å². The molecule has 31 heavy (non-hydrogen) atoms. The van der Waals surface area contributed by atoms with Crippen LogP contribution < -0.4 is 0 Å². The van der Waals surface area contributed by atoms with Crippen LogP contribution in [0.15, 0.2) is 48.5 Å². The predicted octanol–water partition coefficient (Wildman–Crippen LogP) is 6.13. The van der Waals surface area contributed by atoms with Gasteiger partial charge in [0.25, 0.3) is 0 Å². The van der Waals surface area contributed by atoms with E-state index in [1.165, 1.54) is 16.7 Å². The third-order valence-corrected chi connectivity index (χ3v) is 6.20. The van der Waals surface area contributed by atoms with E-state index >= 15 is 0 Å². The number of nitrogens with zero attached hydrogens (tertiary/aromatic N) is 4. The van der Waals surface area contributed by atoms with Gasteiger partial charge in [-0.15, -0.1) is 10.2 Å². The van der Waals surface area contributed by atoms with E-state index in [0.29, 0.717) is 11.0 Å². The molecule has 0 unspecified atom stereocenters. The molecule has 4 aromatic rings. The minimum absolute atomic E-state index is 0.596. The second-order valence-electron chi connectivity index (χ2n) is 7.84. The molecule has 0 amide bonds. The average molecular weight is 432 g/mol. The van der Waals surface area contributed by atoms with Crippen molar-refractivity contribution < 1.29 is 0 Å². The van der Waals surface area contributed by atoms with Crippen LogP contribution in [0.4, 0.5) is 0 Å². The largest absolute Gasteiger partial charge is 0.241 e. The number of pyridine rings is 1. The van der Waals surface area contributed by atoms with Gasteiger partial charge in [0.05, 0.1) is 0 Å². The molecule has 0 bridgehead atoms. The van der Waals surface area contributed by atoms with Crippen LogP contribution in [0, 0.1) is 13.8 Å². The van der Waals surface area contributed by atoms with Crippen molar-refractivity contribution in [3.63, 3.8) is 0 Å². The summed E-state index contributed by atoms with van der Waals surface area (Å²) in [4.78, 5) is 4.72. The topological polar surface area (TPSA) is 67.3 Å². The smallest absolute Gasteiger partial charge is 0.205 e. The molecule has 0 saturated carbocycles. The van der Waals surface area contributed by atoms with Gasteiger partial charge in [0.15, 0.2) is 0 Å². The number of hydrogen-bond acceptors (Lipinski definition) is 4. The Balaban J connectivity index is 1.65. The summed E-state index contributed by atoms with van der Waals surface area (Å²) in [5.74, 6) is 0.596. The van der Waals surface area contributed by atoms with Crippen LogP contribution >= 0.6 is 11.6 Å². The Morgan fingerprint density at radius 1 is 0.935 bits per heavy atom. The van der Waals surface area contributed by atoms with E-state index in [-0.39, 0.29) is 0 Å². The fraction of sp³-hybridized carbons (Fsp3) is 0.280. The molecule has 0 saturated heterocycles. The Hall–Kier alpha value is -3.05. The van der Waals surface area contributed by atoms with Crippen molar-refractivity contribution >= 4 is 11.6 Å². The number of halogens is 1. The van der Waals surface area contributed by atoms with E-state index in [1.807, 2.05) is 18.2 Å². The predicted molar refractivity (Wildman–Crippen MR) is 125 cm³/mol. The van der Waals surface area contributed by atoms with Gasteiger partial charge in [-0.05, 0) is 71.7 Å². The Labute approximate surface area is 187 Å². The summed E-state index contributed by atoms with van der Waals surface area (Å²) in [6.07, 6.45) is 4.07. The summed E-state index contributed by atoms with van der Waals surface area (Å²) in [5.41, 5.74) is 9.16. The molecule has 5 nitrogen and oxygen atoms in total. The maximum atomic E-state index is 6.39. The fourth-order valence-corrected chi connectivity index (χ4v) is 4.11. The first-order valence-corrected chi connectivity index (χ1v) is 11.0. The van der Waals surface area contributed by atoms with Crippen LogP contribution in [0.2, 0.25) is 5.15 Å². The molecule has 158 valence electrons. The van der Waals surface area contributed by atoms with Crippen molar-refractivity contribution in [3.8, 4) is 22.5 Å². The summed E-state index contributed by atoms with van der Waals surface area (Å²) in [6, 6.07) is 16.8. The quantitative estimate of drug-likeness (QED) is 0.357. The Morgan fingerprint density at radius 2 is 1.68 bits per heavy atom. The number of benzene rings is 2. The van der Waals surface area contributed by atoms with Crippen molar-refractivity contribution in [3.05, 3.63) is 81.6 Å². The minimum atomic E-state index is 0.596. The molecule has 0 aliphatic heterocycles. The SMILES string of the molecule is CCCCc1nc(Cl)c(C)c(C)c1Cc1ccc(-c2ccccc2-c2nn[nH]n2)cc1. The van der Waals surface area contributed by atoms with Gasteiger partial charge in [0.1, 0.15) is 5.15 Å². The van der Waals surface area contributed by atoms with Crippen molar-refractivity contribution in [2.24, 2.45) is 0 Å². The molecule has 0 fully saturated rings. The molecule has 6 heteroatoms. The second kappa shape index (κ2) is 9.40. The van der Waals surface area contributed by atoms with Crippen molar-refractivity contribution in [1.29, 1.82) is 0 Å². The lowest BCUT2D eigenvalue weighted by atomic mass is 9.93. The lowest BCUT2D eigenvalue weighted by Gasteiger charge is -2.16. The minimum Gasteiger partial charge on any atom is -0.241 e. The number of aryl methyl sites for hydroxylation is 1. The summed E-state index contributed by atoms with van der Waals surface area (Å²) >= 11 is 6.39. The van der Waals surface area contributed by atoms with Gasteiger partial charge in [-0.3, -0.25) is 0 Å². The summed E-state index contributed by atoms with van der Waals surface area (Å²) in [7, 11) is 0. The number of unbranched alkanes of at least 4 members (excludes halogenated alkanes) is 1. The standard InChI is InChI=1S/C25H26ClN5/c1-4-5-10-23-22(16(2)17(3)24(26)27-23)15-18-11-13-19(14-12-18)20-8-6-7-9-21(20)25-28-30-31-29-25/h6-9,11-14H,4-5,10,15H2,1-3H3,(H,28,29,30,31). The number of aromatic amines is 1. The summed E-state index contributed by atoms with van der Waals surface area (Å²) in [5, 5.41) is 15.1. The highest BCUT2D eigenvalue weighted by molar-refractivity contribution is 6.30. The normalized spacial score (nSPS) is 11.1. The molecule has 0 aliphatic rings. The first-order chi connectivity index (χ1) is 15.1. The molecule has 1 N–H and O–H groups in total. The van der Waals surface area contributed by atoms with Gasteiger partial charge in [0.2, 0.25) is 5.82 Å². The maximum Gasteiger partial charge on any atom is 0.205 e. The molecule has 2 heterocycles. The van der Waals surface area contributed by atoms with Gasteiger partial charge >= 0.3 is 0 Å². The fourth-order valence-electron chi connectivity index (χ4n) is 3.86. The van der Waals surface area contributed by atoms with E-state index in [1.54, 1.807) is 0 Å². The number of rotatable bonds is 7. The molecule has 2 aromatic heterocycles. The van der Waals surface area contributed by atoms with E-state index < -0.39 is 0 Å². The molecule has 0 radical (unpaired) electrons.